The Morgan fingerprint density at radius 1 is 1.04 bits per heavy atom. The topological polar surface area (TPSA) is 38.9 Å². The lowest BCUT2D eigenvalue weighted by molar-refractivity contribution is 0.912. The van der Waals surface area contributed by atoms with Crippen molar-refractivity contribution in [1.29, 1.82) is 0 Å². The first kappa shape index (κ1) is 15.4. The van der Waals surface area contributed by atoms with Gasteiger partial charge in [-0.2, -0.15) is 0 Å². The van der Waals surface area contributed by atoms with Gasteiger partial charge in [0.25, 0.3) is 0 Å². The minimum Gasteiger partial charge on any atom is -0.399 e. The lowest BCUT2D eigenvalue weighted by atomic mass is 10.0. The lowest BCUT2D eigenvalue weighted by Gasteiger charge is -2.08. The van der Waals surface area contributed by atoms with Gasteiger partial charge in [-0.15, -0.1) is 11.3 Å². The number of benzene rings is 2. The van der Waals surface area contributed by atoms with Crippen molar-refractivity contribution in [2.75, 3.05) is 5.73 Å². The van der Waals surface area contributed by atoms with Crippen LogP contribution in [0.2, 0.25) is 0 Å². The van der Waals surface area contributed by atoms with Crippen molar-refractivity contribution in [3.8, 4) is 10.6 Å². The van der Waals surface area contributed by atoms with E-state index in [1.807, 2.05) is 0 Å². The molecule has 2 nitrogen and oxygen atoms in total. The third kappa shape index (κ3) is 2.84. The van der Waals surface area contributed by atoms with Gasteiger partial charge in [-0.25, -0.2) is 4.98 Å². The van der Waals surface area contributed by atoms with Crippen molar-refractivity contribution in [2.24, 2.45) is 0 Å². The van der Waals surface area contributed by atoms with Crippen molar-refractivity contribution in [2.45, 2.75) is 39.5 Å². The summed E-state index contributed by atoms with van der Waals surface area (Å²) in [5.74, 6) is 0. The van der Waals surface area contributed by atoms with Crippen LogP contribution in [0.3, 0.4) is 0 Å². The number of nitrogens with zero attached hydrogens (tertiary/aromatic N) is 1. The number of nitrogen functional groups attached to an aromatic ring is 1. The maximum absolute atomic E-state index is 5.99. The van der Waals surface area contributed by atoms with Gasteiger partial charge in [0, 0.05) is 23.1 Å². The van der Waals surface area contributed by atoms with Crippen LogP contribution in [-0.4, -0.2) is 4.98 Å². The van der Waals surface area contributed by atoms with Gasteiger partial charge < -0.3 is 5.73 Å². The molecule has 3 aromatic rings. The monoisotopic (exact) mass is 334 g/mol. The van der Waals surface area contributed by atoms with Gasteiger partial charge in [0.15, 0.2) is 0 Å². The molecule has 3 heteroatoms. The predicted molar refractivity (Wildman–Crippen MR) is 103 cm³/mol. The Kier molecular flexibility index (Phi) is 3.89. The molecule has 2 N–H and O–H groups in total. The van der Waals surface area contributed by atoms with Crippen LogP contribution >= 0.6 is 11.3 Å². The van der Waals surface area contributed by atoms with Crippen molar-refractivity contribution >= 4 is 17.0 Å². The van der Waals surface area contributed by atoms with Crippen LogP contribution in [0.15, 0.2) is 35.7 Å². The molecule has 0 atom stereocenters. The van der Waals surface area contributed by atoms with E-state index in [-0.39, 0.29) is 0 Å². The zero-order valence-corrected chi connectivity index (χ0v) is 15.0. The predicted octanol–water partition coefficient (Wildman–Crippen LogP) is 5.09. The highest BCUT2D eigenvalue weighted by Crippen LogP contribution is 2.30. The average molecular weight is 334 g/mol. The number of hydrogen-bond donors (Lipinski definition) is 1. The minimum absolute atomic E-state index is 0.869. The molecule has 0 unspecified atom stereocenters. The molecule has 0 saturated carbocycles. The van der Waals surface area contributed by atoms with Crippen LogP contribution in [-0.2, 0) is 19.3 Å². The number of aryl methyl sites for hydroxylation is 4. The number of aromatic nitrogens is 1. The normalized spacial score (nSPS) is 13.2. The van der Waals surface area contributed by atoms with Gasteiger partial charge in [0.2, 0.25) is 0 Å². The molecule has 0 radical (unpaired) electrons. The second-order valence-corrected chi connectivity index (χ2v) is 7.65. The van der Waals surface area contributed by atoms with Crippen molar-refractivity contribution in [3.63, 3.8) is 0 Å². The summed E-state index contributed by atoms with van der Waals surface area (Å²) in [6.45, 7) is 4.19. The fourth-order valence-electron chi connectivity index (χ4n) is 3.51. The number of thiazole rings is 1. The van der Waals surface area contributed by atoms with Gasteiger partial charge in [-0.3, -0.25) is 0 Å². The molecule has 2 aromatic carbocycles. The van der Waals surface area contributed by atoms with E-state index in [4.69, 9.17) is 10.7 Å². The zero-order valence-electron chi connectivity index (χ0n) is 14.2. The molecule has 122 valence electrons. The summed E-state index contributed by atoms with van der Waals surface area (Å²) < 4.78 is 0. The van der Waals surface area contributed by atoms with Crippen molar-refractivity contribution < 1.29 is 0 Å². The van der Waals surface area contributed by atoms with E-state index in [1.54, 1.807) is 11.3 Å². The highest BCUT2D eigenvalue weighted by atomic mass is 32.1. The summed E-state index contributed by atoms with van der Waals surface area (Å²) in [5, 5.41) is 3.32. The molecular formula is C21H22N2S. The summed E-state index contributed by atoms with van der Waals surface area (Å²) in [4.78, 5) is 4.88. The van der Waals surface area contributed by atoms with Gasteiger partial charge >= 0.3 is 0 Å². The molecule has 1 aliphatic carbocycles. The van der Waals surface area contributed by atoms with Crippen LogP contribution in [0, 0.1) is 13.8 Å². The molecule has 1 aliphatic rings. The van der Waals surface area contributed by atoms with E-state index in [2.05, 4.69) is 49.6 Å². The Balaban J connectivity index is 1.60. The molecular weight excluding hydrogens is 312 g/mol. The second kappa shape index (κ2) is 6.06. The highest BCUT2D eigenvalue weighted by molar-refractivity contribution is 7.13. The summed E-state index contributed by atoms with van der Waals surface area (Å²) >= 11 is 1.74. The standard InChI is InChI=1S/C21H22N2S/c1-13-9-20(22)14(2)8-18(13)11-19-12-24-21(23-19)17-7-6-15-4-3-5-16(15)10-17/h6-10,12H,3-5,11,22H2,1-2H3. The minimum atomic E-state index is 0.869. The fraction of sp³-hybridized carbons (Fsp3) is 0.286. The smallest absolute Gasteiger partial charge is 0.123 e. The zero-order chi connectivity index (χ0) is 16.7. The summed E-state index contributed by atoms with van der Waals surface area (Å²) in [7, 11) is 0. The average Bonchev–Trinajstić information content (AvgIpc) is 3.20. The van der Waals surface area contributed by atoms with E-state index in [9.17, 15) is 0 Å². The van der Waals surface area contributed by atoms with Gasteiger partial charge in [0.1, 0.15) is 5.01 Å². The molecule has 24 heavy (non-hydrogen) atoms. The lowest BCUT2D eigenvalue weighted by Crippen LogP contribution is -1.97. The van der Waals surface area contributed by atoms with Gasteiger partial charge in [-0.1, -0.05) is 18.2 Å². The molecule has 0 amide bonds. The number of fused-ring (bicyclic) bond motifs is 1. The molecule has 0 aliphatic heterocycles. The van der Waals surface area contributed by atoms with Gasteiger partial charge in [0.05, 0.1) is 5.69 Å². The third-order valence-electron chi connectivity index (χ3n) is 4.99. The third-order valence-corrected chi connectivity index (χ3v) is 5.93. The molecule has 0 fully saturated rings. The molecule has 1 aromatic heterocycles. The van der Waals surface area contributed by atoms with Crippen LogP contribution in [0.1, 0.15) is 39.9 Å². The van der Waals surface area contributed by atoms with E-state index < -0.39 is 0 Å². The SMILES string of the molecule is Cc1cc(Cc2csc(-c3ccc4c(c3)CCC4)n2)c(C)cc1N. The Morgan fingerprint density at radius 3 is 2.75 bits per heavy atom. The Labute approximate surface area is 147 Å². The maximum Gasteiger partial charge on any atom is 0.123 e. The highest BCUT2D eigenvalue weighted by Gasteiger charge is 2.13. The maximum atomic E-state index is 5.99. The first-order valence-corrected chi connectivity index (χ1v) is 9.40. The van der Waals surface area contributed by atoms with Crippen molar-refractivity contribution in [1.82, 2.24) is 4.98 Å². The summed E-state index contributed by atoms with van der Waals surface area (Å²) in [6.07, 6.45) is 4.60. The molecule has 0 spiro atoms. The number of nitrogens with two attached hydrogens (primary N) is 1. The van der Waals surface area contributed by atoms with Crippen LogP contribution in [0.25, 0.3) is 10.6 Å². The van der Waals surface area contributed by atoms with Gasteiger partial charge in [-0.05, 0) is 73.1 Å². The number of anilines is 1. The van der Waals surface area contributed by atoms with Crippen molar-refractivity contribution in [3.05, 3.63) is 69.2 Å². The number of hydrogen-bond acceptors (Lipinski definition) is 3. The quantitative estimate of drug-likeness (QED) is 0.678. The van der Waals surface area contributed by atoms with Crippen LogP contribution in [0.4, 0.5) is 5.69 Å². The van der Waals surface area contributed by atoms with E-state index in [0.29, 0.717) is 0 Å². The second-order valence-electron chi connectivity index (χ2n) is 6.79. The Morgan fingerprint density at radius 2 is 1.88 bits per heavy atom. The summed E-state index contributed by atoms with van der Waals surface area (Å²) in [6, 6.07) is 11.1. The van der Waals surface area contributed by atoms with E-state index in [0.717, 1.165) is 28.4 Å². The molecule has 4 rings (SSSR count). The Hall–Kier alpha value is -2.13. The first-order valence-electron chi connectivity index (χ1n) is 8.52. The molecule has 0 bridgehead atoms. The fourth-order valence-corrected chi connectivity index (χ4v) is 4.33. The first-order chi connectivity index (χ1) is 11.6. The molecule has 0 saturated heterocycles. The number of rotatable bonds is 3. The van der Waals surface area contributed by atoms with E-state index in [1.165, 1.54) is 47.1 Å². The largest absolute Gasteiger partial charge is 0.399 e. The van der Waals surface area contributed by atoms with E-state index >= 15 is 0 Å². The molecule has 1 heterocycles. The summed E-state index contributed by atoms with van der Waals surface area (Å²) in [5.41, 5.74) is 16.0. The Bertz CT molecular complexity index is 908. The van der Waals surface area contributed by atoms with Crippen LogP contribution in [0.5, 0.6) is 0 Å². The van der Waals surface area contributed by atoms with Crippen LogP contribution < -0.4 is 5.73 Å².